The number of amides is 1. The highest BCUT2D eigenvalue weighted by Gasteiger charge is 2.45. The molecule has 1 rings (SSSR count). The Labute approximate surface area is 116 Å². The molecule has 1 aliphatic rings. The summed E-state index contributed by atoms with van der Waals surface area (Å²) in [6.45, 7) is 3.86. The van der Waals surface area contributed by atoms with Gasteiger partial charge in [-0.15, -0.1) is 0 Å². The van der Waals surface area contributed by atoms with Crippen LogP contribution in [0.2, 0.25) is 0 Å². The molecule has 8 heteroatoms. The van der Waals surface area contributed by atoms with Crippen LogP contribution in [-0.2, 0) is 33.3 Å². The summed E-state index contributed by atoms with van der Waals surface area (Å²) >= 11 is 0. The smallest absolute Gasteiger partial charge is 0.303 e. The molecule has 0 aromatic carbocycles. The quantitative estimate of drug-likeness (QED) is 0.687. The van der Waals surface area contributed by atoms with Crippen LogP contribution in [0.4, 0.5) is 0 Å². The maximum absolute atomic E-state index is 11.2. The largest absolute Gasteiger partial charge is 0.456 e. The second-order valence-corrected chi connectivity index (χ2v) is 4.39. The Morgan fingerprint density at radius 3 is 2.05 bits per heavy atom. The highest BCUT2D eigenvalue weighted by atomic mass is 16.7. The van der Waals surface area contributed by atoms with Gasteiger partial charge in [-0.05, 0) is 0 Å². The van der Waals surface area contributed by atoms with Crippen LogP contribution in [0.25, 0.3) is 0 Å². The fourth-order valence-electron chi connectivity index (χ4n) is 2.01. The molecule has 0 aliphatic carbocycles. The number of ether oxygens (including phenoxy) is 4. The van der Waals surface area contributed by atoms with Crippen molar-refractivity contribution in [3.05, 3.63) is 0 Å². The van der Waals surface area contributed by atoms with Crippen LogP contribution in [0, 0.1) is 0 Å². The minimum atomic E-state index is -0.952. The maximum Gasteiger partial charge on any atom is 0.303 e. The van der Waals surface area contributed by atoms with Crippen molar-refractivity contribution in [2.24, 2.45) is 0 Å². The number of hydrogen-bond acceptors (Lipinski definition) is 7. The molecule has 0 aromatic heterocycles. The molecule has 1 heterocycles. The Kier molecular flexibility index (Phi) is 5.90. The Hall–Kier alpha value is -1.67. The molecule has 0 saturated carbocycles. The molecule has 4 atom stereocenters. The van der Waals surface area contributed by atoms with Crippen molar-refractivity contribution in [2.75, 3.05) is 13.7 Å². The number of methoxy groups -OCH3 is 1. The van der Waals surface area contributed by atoms with Crippen LogP contribution in [-0.4, -0.2) is 56.1 Å². The Morgan fingerprint density at radius 1 is 1.05 bits per heavy atom. The van der Waals surface area contributed by atoms with Crippen LogP contribution in [0.1, 0.15) is 20.8 Å². The van der Waals surface area contributed by atoms with Gasteiger partial charge in [0.1, 0.15) is 0 Å². The lowest BCUT2D eigenvalue weighted by Gasteiger charge is -2.40. The average molecular weight is 289 g/mol. The SMILES string of the molecule is COC1OCC(NC(C)=O)C(OC(C)=O)C1OC(C)=O. The Balaban J connectivity index is 2.95. The van der Waals surface area contributed by atoms with E-state index in [1.165, 1.54) is 27.9 Å². The van der Waals surface area contributed by atoms with Gasteiger partial charge in [0.05, 0.1) is 12.6 Å². The maximum atomic E-state index is 11.2. The fourth-order valence-corrected chi connectivity index (χ4v) is 2.01. The zero-order valence-corrected chi connectivity index (χ0v) is 11.9. The van der Waals surface area contributed by atoms with E-state index in [1.54, 1.807) is 0 Å². The Bertz CT molecular complexity index is 384. The molecular weight excluding hydrogens is 270 g/mol. The predicted octanol–water partition coefficient (Wildman–Crippen LogP) is -0.643. The molecule has 1 saturated heterocycles. The van der Waals surface area contributed by atoms with Gasteiger partial charge in [0.25, 0.3) is 0 Å². The monoisotopic (exact) mass is 289 g/mol. The summed E-state index contributed by atoms with van der Waals surface area (Å²) in [5.41, 5.74) is 0. The van der Waals surface area contributed by atoms with Gasteiger partial charge in [-0.1, -0.05) is 0 Å². The van der Waals surface area contributed by atoms with Crippen molar-refractivity contribution >= 4 is 17.8 Å². The molecule has 0 aromatic rings. The van der Waals surface area contributed by atoms with Crippen LogP contribution in [0.3, 0.4) is 0 Å². The van der Waals surface area contributed by atoms with E-state index in [0.717, 1.165) is 0 Å². The normalized spacial score (nSPS) is 29.4. The van der Waals surface area contributed by atoms with Gasteiger partial charge >= 0.3 is 11.9 Å². The van der Waals surface area contributed by atoms with Gasteiger partial charge in [0.2, 0.25) is 5.91 Å². The summed E-state index contributed by atoms with van der Waals surface area (Å²) in [5.74, 6) is -1.44. The molecule has 1 N–H and O–H groups in total. The molecule has 0 radical (unpaired) electrons. The summed E-state index contributed by atoms with van der Waals surface area (Å²) in [6.07, 6.45) is -2.70. The standard InChI is InChI=1S/C12H19NO7/c1-6(14)13-9-5-18-12(17-4)11(20-8(3)16)10(9)19-7(2)15/h9-12H,5H2,1-4H3,(H,13,14). The molecule has 0 bridgehead atoms. The molecule has 1 fully saturated rings. The van der Waals surface area contributed by atoms with Crippen LogP contribution < -0.4 is 5.32 Å². The van der Waals surface area contributed by atoms with Gasteiger partial charge < -0.3 is 24.3 Å². The molecule has 8 nitrogen and oxygen atoms in total. The number of esters is 2. The summed E-state index contributed by atoms with van der Waals surface area (Å²) < 4.78 is 20.7. The topological polar surface area (TPSA) is 100 Å². The first-order valence-electron chi connectivity index (χ1n) is 6.11. The zero-order chi connectivity index (χ0) is 15.3. The van der Waals surface area contributed by atoms with E-state index in [9.17, 15) is 14.4 Å². The van der Waals surface area contributed by atoms with Crippen molar-refractivity contribution in [2.45, 2.75) is 45.3 Å². The third-order valence-electron chi connectivity index (χ3n) is 2.65. The minimum absolute atomic E-state index is 0.0772. The van der Waals surface area contributed by atoms with E-state index in [1.807, 2.05) is 0 Å². The highest BCUT2D eigenvalue weighted by molar-refractivity contribution is 5.73. The van der Waals surface area contributed by atoms with Gasteiger partial charge in [-0.3, -0.25) is 14.4 Å². The first kappa shape index (κ1) is 16.4. The van der Waals surface area contributed by atoms with Crippen molar-refractivity contribution in [1.29, 1.82) is 0 Å². The lowest BCUT2D eigenvalue weighted by atomic mass is 10.0. The lowest BCUT2D eigenvalue weighted by molar-refractivity contribution is -0.254. The zero-order valence-electron chi connectivity index (χ0n) is 11.9. The van der Waals surface area contributed by atoms with Gasteiger partial charge in [0, 0.05) is 27.9 Å². The number of nitrogens with one attached hydrogen (secondary N) is 1. The molecule has 1 aliphatic heterocycles. The van der Waals surface area contributed by atoms with Crippen molar-refractivity contribution in [3.63, 3.8) is 0 Å². The van der Waals surface area contributed by atoms with Gasteiger partial charge in [-0.25, -0.2) is 0 Å². The average Bonchev–Trinajstić information content (AvgIpc) is 2.31. The van der Waals surface area contributed by atoms with Crippen molar-refractivity contribution in [3.8, 4) is 0 Å². The minimum Gasteiger partial charge on any atom is -0.456 e. The van der Waals surface area contributed by atoms with E-state index in [2.05, 4.69) is 5.32 Å². The van der Waals surface area contributed by atoms with E-state index < -0.39 is 36.5 Å². The second kappa shape index (κ2) is 7.20. The van der Waals surface area contributed by atoms with E-state index in [0.29, 0.717) is 0 Å². The molecule has 1 amide bonds. The molecule has 20 heavy (non-hydrogen) atoms. The second-order valence-electron chi connectivity index (χ2n) is 4.39. The van der Waals surface area contributed by atoms with E-state index in [-0.39, 0.29) is 12.5 Å². The van der Waals surface area contributed by atoms with Gasteiger partial charge in [-0.2, -0.15) is 0 Å². The molecular formula is C12H19NO7. The highest BCUT2D eigenvalue weighted by Crippen LogP contribution is 2.22. The predicted molar refractivity (Wildman–Crippen MR) is 65.5 cm³/mol. The Morgan fingerprint density at radius 2 is 1.60 bits per heavy atom. The third kappa shape index (κ3) is 4.46. The summed E-state index contributed by atoms with van der Waals surface area (Å²) in [7, 11) is 1.38. The summed E-state index contributed by atoms with van der Waals surface area (Å²) in [4.78, 5) is 33.6. The molecule has 0 spiro atoms. The number of carbonyl (C=O) groups excluding carboxylic acids is 3. The first-order valence-corrected chi connectivity index (χ1v) is 6.11. The van der Waals surface area contributed by atoms with Gasteiger partial charge in [0.15, 0.2) is 18.5 Å². The molecule has 114 valence electrons. The first-order chi connectivity index (χ1) is 9.35. The summed E-state index contributed by atoms with van der Waals surface area (Å²) in [5, 5.41) is 2.60. The fraction of sp³-hybridized carbons (Fsp3) is 0.750. The summed E-state index contributed by atoms with van der Waals surface area (Å²) in [6, 6.07) is -0.618. The van der Waals surface area contributed by atoms with Crippen LogP contribution >= 0.6 is 0 Å². The lowest BCUT2D eigenvalue weighted by Crippen LogP contribution is -2.61. The van der Waals surface area contributed by atoms with E-state index >= 15 is 0 Å². The van der Waals surface area contributed by atoms with E-state index in [4.69, 9.17) is 18.9 Å². The third-order valence-corrected chi connectivity index (χ3v) is 2.65. The number of hydrogen-bond donors (Lipinski definition) is 1. The molecule has 4 unspecified atom stereocenters. The van der Waals surface area contributed by atoms with Crippen LogP contribution in [0.5, 0.6) is 0 Å². The number of carbonyl (C=O) groups is 3. The van der Waals surface area contributed by atoms with Crippen molar-refractivity contribution in [1.82, 2.24) is 5.32 Å². The van der Waals surface area contributed by atoms with Crippen molar-refractivity contribution < 1.29 is 33.3 Å². The van der Waals surface area contributed by atoms with Crippen LogP contribution in [0.15, 0.2) is 0 Å². The number of rotatable bonds is 4.